The second-order valence-electron chi connectivity index (χ2n) is 10.3. The van der Waals surface area contributed by atoms with Crippen LogP contribution in [-0.2, 0) is 17.8 Å². The third-order valence-corrected chi connectivity index (χ3v) is 7.66. The van der Waals surface area contributed by atoms with Crippen molar-refractivity contribution in [2.24, 2.45) is 5.92 Å². The van der Waals surface area contributed by atoms with E-state index >= 15 is 0 Å². The van der Waals surface area contributed by atoms with Crippen molar-refractivity contribution in [1.82, 2.24) is 5.32 Å². The number of methoxy groups -OCH3 is 2. The molecule has 0 radical (unpaired) electrons. The molecule has 3 aromatic carbocycles. The summed E-state index contributed by atoms with van der Waals surface area (Å²) < 4.78 is 23.5. The van der Waals surface area contributed by atoms with Crippen LogP contribution in [0.3, 0.4) is 0 Å². The molecule has 6 nitrogen and oxygen atoms in total. The van der Waals surface area contributed by atoms with Gasteiger partial charge in [0.2, 0.25) is 5.91 Å². The van der Waals surface area contributed by atoms with Crippen LogP contribution in [0.25, 0.3) is 0 Å². The summed E-state index contributed by atoms with van der Waals surface area (Å²) in [5.74, 6) is 3.12. The van der Waals surface area contributed by atoms with Gasteiger partial charge in [-0.1, -0.05) is 42.5 Å². The van der Waals surface area contributed by atoms with Crippen LogP contribution < -0.4 is 24.3 Å². The van der Waals surface area contributed by atoms with Gasteiger partial charge in [0.05, 0.1) is 20.3 Å². The highest BCUT2D eigenvalue weighted by Crippen LogP contribution is 2.38. The molecular weight excluding hydrogens is 478 g/mol. The normalized spacial score (nSPS) is 19.6. The number of carbonyl (C=O) groups excluding carboxylic acids is 1. The van der Waals surface area contributed by atoms with E-state index in [1.807, 2.05) is 54.6 Å². The van der Waals surface area contributed by atoms with Gasteiger partial charge in [-0.2, -0.15) is 0 Å². The number of carbonyl (C=O) groups is 1. The zero-order chi connectivity index (χ0) is 26.3. The minimum absolute atomic E-state index is 0.0977. The minimum Gasteiger partial charge on any atom is -0.493 e. The average molecular weight is 516 g/mol. The summed E-state index contributed by atoms with van der Waals surface area (Å²) in [5.41, 5.74) is 3.32. The molecule has 1 aliphatic heterocycles. The first-order valence-electron chi connectivity index (χ1n) is 13.6. The number of amides is 1. The van der Waals surface area contributed by atoms with Crippen LogP contribution in [0.4, 0.5) is 0 Å². The van der Waals surface area contributed by atoms with E-state index in [0.717, 1.165) is 41.9 Å². The topological polar surface area (TPSA) is 66.0 Å². The number of ether oxygens (including phenoxy) is 4. The molecule has 6 heteroatoms. The van der Waals surface area contributed by atoms with Gasteiger partial charge < -0.3 is 24.3 Å². The first-order valence-corrected chi connectivity index (χ1v) is 13.6. The molecule has 1 saturated heterocycles. The number of nitrogens with one attached hydrogen (secondary N) is 1. The van der Waals surface area contributed by atoms with Gasteiger partial charge in [-0.3, -0.25) is 4.79 Å². The highest BCUT2D eigenvalue weighted by Gasteiger charge is 2.30. The van der Waals surface area contributed by atoms with E-state index in [2.05, 4.69) is 17.4 Å². The highest BCUT2D eigenvalue weighted by atomic mass is 16.5. The van der Waals surface area contributed by atoms with Crippen molar-refractivity contribution in [2.75, 3.05) is 20.8 Å². The molecule has 38 heavy (non-hydrogen) atoms. The number of piperidine rings is 1. The Morgan fingerprint density at radius 1 is 0.816 bits per heavy atom. The van der Waals surface area contributed by atoms with Gasteiger partial charge in [-0.25, -0.2) is 0 Å². The predicted octanol–water partition coefficient (Wildman–Crippen LogP) is 6.07. The molecule has 1 unspecified atom stereocenters. The van der Waals surface area contributed by atoms with Gasteiger partial charge in [0.15, 0.2) is 23.0 Å². The van der Waals surface area contributed by atoms with E-state index in [0.29, 0.717) is 31.1 Å². The summed E-state index contributed by atoms with van der Waals surface area (Å²) in [7, 11) is 3.33. The van der Waals surface area contributed by atoms with E-state index < -0.39 is 0 Å². The fraction of sp³-hybridized carbons (Fsp3) is 0.406. The van der Waals surface area contributed by atoms with E-state index in [4.69, 9.17) is 18.9 Å². The largest absolute Gasteiger partial charge is 0.493 e. The summed E-state index contributed by atoms with van der Waals surface area (Å²) in [6.45, 7) is 1.09. The van der Waals surface area contributed by atoms with E-state index in [1.54, 1.807) is 14.2 Å². The molecule has 200 valence electrons. The Hall–Kier alpha value is -3.67. The third-order valence-electron chi connectivity index (χ3n) is 7.66. The number of benzene rings is 3. The maximum atomic E-state index is 12.8. The first-order chi connectivity index (χ1) is 18.6. The number of rotatable bonds is 10. The van der Waals surface area contributed by atoms with Gasteiger partial charge in [0, 0.05) is 18.4 Å². The first kappa shape index (κ1) is 26.0. The molecule has 1 heterocycles. The SMILES string of the molecule is COc1cc(CC2C[C@@H](c3ccc(OC)c(OC4CCCC4)c3)CNC2=O)ccc1OCc1ccccc1. The average Bonchev–Trinajstić information content (AvgIpc) is 3.47. The van der Waals surface area contributed by atoms with Crippen molar-refractivity contribution in [1.29, 1.82) is 0 Å². The zero-order valence-electron chi connectivity index (χ0n) is 22.3. The van der Waals surface area contributed by atoms with Gasteiger partial charge >= 0.3 is 0 Å². The Labute approximate surface area is 225 Å². The van der Waals surface area contributed by atoms with Crippen LogP contribution in [0, 0.1) is 5.92 Å². The molecule has 0 aromatic heterocycles. The van der Waals surface area contributed by atoms with Crippen LogP contribution in [0.15, 0.2) is 66.7 Å². The van der Waals surface area contributed by atoms with Crippen LogP contribution in [-0.4, -0.2) is 32.8 Å². The molecule has 1 N–H and O–H groups in total. The molecule has 0 bridgehead atoms. The van der Waals surface area contributed by atoms with E-state index in [1.165, 1.54) is 18.4 Å². The quantitative estimate of drug-likeness (QED) is 0.355. The summed E-state index contributed by atoms with van der Waals surface area (Å²) >= 11 is 0. The van der Waals surface area contributed by atoms with Crippen LogP contribution in [0.1, 0.15) is 54.7 Å². The lowest BCUT2D eigenvalue weighted by Gasteiger charge is -2.30. The summed E-state index contributed by atoms with van der Waals surface area (Å²) in [4.78, 5) is 12.8. The fourth-order valence-electron chi connectivity index (χ4n) is 5.54. The predicted molar refractivity (Wildman–Crippen MR) is 147 cm³/mol. The maximum absolute atomic E-state index is 12.8. The molecular formula is C32H37NO5. The van der Waals surface area contributed by atoms with Gasteiger partial charge in [0.1, 0.15) is 6.61 Å². The summed E-state index contributed by atoms with van der Waals surface area (Å²) in [5, 5.41) is 3.13. The van der Waals surface area contributed by atoms with E-state index in [-0.39, 0.29) is 23.8 Å². The summed E-state index contributed by atoms with van der Waals surface area (Å²) in [6, 6.07) is 22.2. The minimum atomic E-state index is -0.129. The Balaban J connectivity index is 1.26. The second kappa shape index (κ2) is 12.2. The lowest BCUT2D eigenvalue weighted by Crippen LogP contribution is -2.41. The molecule has 0 spiro atoms. The molecule has 2 aliphatic rings. The van der Waals surface area contributed by atoms with Gasteiger partial charge in [-0.15, -0.1) is 0 Å². The van der Waals surface area contributed by atoms with Crippen molar-refractivity contribution < 1.29 is 23.7 Å². The van der Waals surface area contributed by atoms with E-state index in [9.17, 15) is 4.79 Å². The van der Waals surface area contributed by atoms with Crippen LogP contribution in [0.2, 0.25) is 0 Å². The lowest BCUT2D eigenvalue weighted by atomic mass is 9.82. The molecule has 5 rings (SSSR count). The third kappa shape index (κ3) is 6.24. The van der Waals surface area contributed by atoms with Crippen molar-refractivity contribution in [3.8, 4) is 23.0 Å². The second-order valence-corrected chi connectivity index (χ2v) is 10.3. The maximum Gasteiger partial charge on any atom is 0.223 e. The fourth-order valence-corrected chi connectivity index (χ4v) is 5.54. The Morgan fingerprint density at radius 3 is 2.34 bits per heavy atom. The molecule has 1 amide bonds. The monoisotopic (exact) mass is 515 g/mol. The van der Waals surface area contributed by atoms with Gasteiger partial charge in [0.25, 0.3) is 0 Å². The van der Waals surface area contributed by atoms with Crippen molar-refractivity contribution in [2.45, 2.75) is 57.2 Å². The molecule has 2 atom stereocenters. The number of hydrogen-bond acceptors (Lipinski definition) is 5. The Kier molecular flexibility index (Phi) is 8.37. The Bertz CT molecular complexity index is 1220. The smallest absolute Gasteiger partial charge is 0.223 e. The zero-order valence-corrected chi connectivity index (χ0v) is 22.3. The summed E-state index contributed by atoms with van der Waals surface area (Å²) in [6.07, 6.45) is 6.28. The molecule has 2 fully saturated rings. The highest BCUT2D eigenvalue weighted by molar-refractivity contribution is 5.80. The van der Waals surface area contributed by atoms with Crippen molar-refractivity contribution >= 4 is 5.91 Å². The number of hydrogen-bond donors (Lipinski definition) is 1. The molecule has 3 aromatic rings. The molecule has 1 aliphatic carbocycles. The molecule has 1 saturated carbocycles. The van der Waals surface area contributed by atoms with Crippen LogP contribution >= 0.6 is 0 Å². The van der Waals surface area contributed by atoms with Gasteiger partial charge in [-0.05, 0) is 79.5 Å². The lowest BCUT2D eigenvalue weighted by molar-refractivity contribution is -0.126. The standard InChI is InChI=1S/C32H37NO5/c1-35-28-15-13-24(19-31(28)38-27-10-6-7-11-27)26-18-25(32(34)33-20-26)16-23-12-14-29(30(17-23)36-2)37-21-22-8-4-3-5-9-22/h3-5,8-9,12-15,17,19,25-27H,6-7,10-11,16,18,20-21H2,1-2H3,(H,33,34)/t25?,26-/m1/s1. The van der Waals surface area contributed by atoms with Crippen molar-refractivity contribution in [3.05, 3.63) is 83.4 Å². The van der Waals surface area contributed by atoms with Crippen LogP contribution in [0.5, 0.6) is 23.0 Å². The Morgan fingerprint density at radius 2 is 1.58 bits per heavy atom. The van der Waals surface area contributed by atoms with Crippen molar-refractivity contribution in [3.63, 3.8) is 0 Å².